The number of carbonyl (C=O) groups is 2. The van der Waals surface area contributed by atoms with Crippen molar-refractivity contribution in [1.29, 1.82) is 0 Å². The molecule has 4 nitrogen and oxygen atoms in total. The van der Waals surface area contributed by atoms with Gasteiger partial charge < -0.3 is 5.32 Å². The molecule has 1 N–H and O–H groups in total. The first kappa shape index (κ1) is 17.0. The molecule has 21 heavy (non-hydrogen) atoms. The number of likely N-dealkylation sites (N-methyl/N-ethyl adjacent to an activating group) is 1. The van der Waals surface area contributed by atoms with Crippen molar-refractivity contribution in [2.75, 3.05) is 11.9 Å². The lowest BCUT2D eigenvalue weighted by Crippen LogP contribution is -2.18. The molecule has 0 bridgehead atoms. The van der Waals surface area contributed by atoms with Crippen LogP contribution in [0.15, 0.2) is 30.5 Å². The van der Waals surface area contributed by atoms with Crippen LogP contribution in [0, 0.1) is 0 Å². The zero-order valence-corrected chi connectivity index (χ0v) is 13.1. The summed E-state index contributed by atoms with van der Waals surface area (Å²) in [5.41, 5.74) is 3.37. The van der Waals surface area contributed by atoms with Gasteiger partial charge in [-0.15, -0.1) is 0 Å². The summed E-state index contributed by atoms with van der Waals surface area (Å²) in [5, 5.41) is 2.49. The highest BCUT2D eigenvalue weighted by molar-refractivity contribution is 5.89. The number of carbonyl (C=O) groups excluding carboxylic acids is 2. The summed E-state index contributed by atoms with van der Waals surface area (Å²) in [7, 11) is 1.55. The van der Waals surface area contributed by atoms with Crippen LogP contribution in [0.5, 0.6) is 0 Å². The molecule has 0 aliphatic rings. The van der Waals surface area contributed by atoms with E-state index in [0.717, 1.165) is 31.4 Å². The quantitative estimate of drug-likeness (QED) is 0.590. The van der Waals surface area contributed by atoms with Gasteiger partial charge in [0.25, 0.3) is 0 Å². The standard InChI is InChI=1S/C17H24N2O2/c1-4-6-7-15-12-16(9-8-14(15)5-2)19(13-20)11-10-17(21)18-3/h8-13H,4-7H2,1-3H3,(H,18,21)/b11-10-. The Morgan fingerprint density at radius 1 is 1.29 bits per heavy atom. The first-order valence-electron chi connectivity index (χ1n) is 7.41. The molecule has 0 saturated heterocycles. The first-order valence-corrected chi connectivity index (χ1v) is 7.41. The second-order valence-electron chi connectivity index (χ2n) is 4.85. The van der Waals surface area contributed by atoms with Crippen LogP contribution in [0.3, 0.4) is 0 Å². The third-order valence-electron chi connectivity index (χ3n) is 3.42. The highest BCUT2D eigenvalue weighted by atomic mass is 16.1. The van der Waals surface area contributed by atoms with E-state index in [1.54, 1.807) is 7.05 Å². The van der Waals surface area contributed by atoms with Crippen LogP contribution in [-0.2, 0) is 22.4 Å². The zero-order valence-electron chi connectivity index (χ0n) is 13.1. The maximum atomic E-state index is 11.2. The molecule has 0 fully saturated rings. The number of anilines is 1. The Bertz CT molecular complexity index is 510. The van der Waals surface area contributed by atoms with Gasteiger partial charge in [0, 0.05) is 25.0 Å². The van der Waals surface area contributed by atoms with E-state index in [0.29, 0.717) is 6.41 Å². The molecular weight excluding hydrogens is 264 g/mol. The number of aryl methyl sites for hydroxylation is 2. The van der Waals surface area contributed by atoms with Crippen LogP contribution in [0.25, 0.3) is 0 Å². The highest BCUT2D eigenvalue weighted by Gasteiger charge is 2.07. The molecule has 0 aromatic heterocycles. The highest BCUT2D eigenvalue weighted by Crippen LogP contribution is 2.21. The Balaban J connectivity index is 3.01. The molecule has 0 aliphatic heterocycles. The van der Waals surface area contributed by atoms with E-state index in [-0.39, 0.29) is 5.91 Å². The summed E-state index contributed by atoms with van der Waals surface area (Å²) in [6, 6.07) is 6.01. The summed E-state index contributed by atoms with van der Waals surface area (Å²) >= 11 is 0. The fourth-order valence-corrected chi connectivity index (χ4v) is 2.13. The lowest BCUT2D eigenvalue weighted by Gasteiger charge is -2.16. The van der Waals surface area contributed by atoms with E-state index in [1.165, 1.54) is 28.3 Å². The molecule has 0 heterocycles. The molecular formula is C17H24N2O2. The number of amides is 2. The Labute approximate surface area is 126 Å². The van der Waals surface area contributed by atoms with Crippen molar-refractivity contribution in [3.63, 3.8) is 0 Å². The van der Waals surface area contributed by atoms with E-state index in [9.17, 15) is 9.59 Å². The normalized spacial score (nSPS) is 10.6. The topological polar surface area (TPSA) is 49.4 Å². The maximum absolute atomic E-state index is 11.2. The average Bonchev–Trinajstić information content (AvgIpc) is 2.53. The molecule has 0 unspecified atom stereocenters. The second kappa shape index (κ2) is 8.95. The molecule has 0 spiro atoms. The number of rotatable bonds is 8. The maximum Gasteiger partial charge on any atom is 0.245 e. The summed E-state index contributed by atoms with van der Waals surface area (Å²) < 4.78 is 0. The van der Waals surface area contributed by atoms with Crippen molar-refractivity contribution >= 4 is 18.0 Å². The van der Waals surface area contributed by atoms with Crippen molar-refractivity contribution in [1.82, 2.24) is 5.32 Å². The number of nitrogens with one attached hydrogen (secondary N) is 1. The van der Waals surface area contributed by atoms with Crippen molar-refractivity contribution in [3.8, 4) is 0 Å². The lowest BCUT2D eigenvalue weighted by atomic mass is 9.99. The minimum Gasteiger partial charge on any atom is -0.356 e. The van der Waals surface area contributed by atoms with E-state index >= 15 is 0 Å². The number of nitrogens with zero attached hydrogens (tertiary/aromatic N) is 1. The third-order valence-corrected chi connectivity index (χ3v) is 3.42. The Morgan fingerprint density at radius 3 is 2.62 bits per heavy atom. The zero-order chi connectivity index (χ0) is 15.7. The average molecular weight is 288 g/mol. The van der Waals surface area contributed by atoms with Gasteiger partial charge in [-0.1, -0.05) is 26.3 Å². The smallest absolute Gasteiger partial charge is 0.245 e. The fourth-order valence-electron chi connectivity index (χ4n) is 2.13. The lowest BCUT2D eigenvalue weighted by molar-refractivity contribution is -0.116. The van der Waals surface area contributed by atoms with Crippen molar-refractivity contribution < 1.29 is 9.59 Å². The molecule has 4 heteroatoms. The van der Waals surface area contributed by atoms with Crippen LogP contribution in [-0.4, -0.2) is 19.4 Å². The summed E-state index contributed by atoms with van der Waals surface area (Å²) in [4.78, 5) is 23.9. The van der Waals surface area contributed by atoms with Gasteiger partial charge in [0.2, 0.25) is 12.3 Å². The molecule has 2 amide bonds. The van der Waals surface area contributed by atoms with Gasteiger partial charge in [0.05, 0.1) is 0 Å². The van der Waals surface area contributed by atoms with E-state index in [4.69, 9.17) is 0 Å². The SMILES string of the molecule is CCCCc1cc(N(C=O)/C=C\C(=O)NC)ccc1CC. The van der Waals surface area contributed by atoms with Crippen molar-refractivity contribution in [2.24, 2.45) is 0 Å². The van der Waals surface area contributed by atoms with Crippen LogP contribution in [0.1, 0.15) is 37.8 Å². The van der Waals surface area contributed by atoms with E-state index in [1.807, 2.05) is 12.1 Å². The molecule has 0 aliphatic carbocycles. The Morgan fingerprint density at radius 2 is 2.05 bits per heavy atom. The molecule has 1 aromatic carbocycles. The second-order valence-corrected chi connectivity index (χ2v) is 4.85. The van der Waals surface area contributed by atoms with Crippen molar-refractivity contribution in [3.05, 3.63) is 41.6 Å². The van der Waals surface area contributed by atoms with Gasteiger partial charge in [-0.3, -0.25) is 14.5 Å². The third kappa shape index (κ3) is 5.06. The molecule has 0 atom stereocenters. The Kier molecular flexibility index (Phi) is 7.23. The van der Waals surface area contributed by atoms with Gasteiger partial charge in [0.15, 0.2) is 0 Å². The van der Waals surface area contributed by atoms with Gasteiger partial charge in [-0.2, -0.15) is 0 Å². The minimum absolute atomic E-state index is 0.238. The predicted octanol–water partition coefficient (Wildman–Crippen LogP) is 2.81. The molecule has 0 saturated carbocycles. The largest absolute Gasteiger partial charge is 0.356 e. The molecule has 1 rings (SSSR count). The summed E-state index contributed by atoms with van der Waals surface area (Å²) in [6.07, 6.45) is 7.80. The number of hydrogen-bond acceptors (Lipinski definition) is 2. The number of benzene rings is 1. The van der Waals surface area contributed by atoms with Crippen LogP contribution in [0.4, 0.5) is 5.69 Å². The Hall–Kier alpha value is -2.10. The van der Waals surface area contributed by atoms with Crippen LogP contribution in [0.2, 0.25) is 0 Å². The molecule has 0 radical (unpaired) electrons. The van der Waals surface area contributed by atoms with Gasteiger partial charge >= 0.3 is 0 Å². The number of unbranched alkanes of at least 4 members (excludes halogenated alkanes) is 1. The van der Waals surface area contributed by atoms with Gasteiger partial charge in [-0.05, 0) is 42.5 Å². The van der Waals surface area contributed by atoms with E-state index in [2.05, 4.69) is 25.2 Å². The van der Waals surface area contributed by atoms with Crippen LogP contribution >= 0.6 is 0 Å². The summed E-state index contributed by atoms with van der Waals surface area (Å²) in [5.74, 6) is -0.238. The molecule has 114 valence electrons. The summed E-state index contributed by atoms with van der Waals surface area (Å²) in [6.45, 7) is 4.30. The fraction of sp³-hybridized carbons (Fsp3) is 0.412. The van der Waals surface area contributed by atoms with Crippen molar-refractivity contribution in [2.45, 2.75) is 39.5 Å². The molecule has 1 aromatic rings. The monoisotopic (exact) mass is 288 g/mol. The predicted molar refractivity (Wildman–Crippen MR) is 86.2 cm³/mol. The van der Waals surface area contributed by atoms with Gasteiger partial charge in [-0.25, -0.2) is 0 Å². The first-order chi connectivity index (χ1) is 10.2. The number of hydrogen-bond donors (Lipinski definition) is 1. The van der Waals surface area contributed by atoms with Crippen LogP contribution < -0.4 is 10.2 Å². The van der Waals surface area contributed by atoms with E-state index < -0.39 is 0 Å². The minimum atomic E-state index is -0.238. The van der Waals surface area contributed by atoms with Gasteiger partial charge in [0.1, 0.15) is 0 Å².